The third kappa shape index (κ3) is 4.59. The van der Waals surface area contributed by atoms with Crippen LogP contribution in [0.15, 0.2) is 54.9 Å². The highest BCUT2D eigenvalue weighted by Gasteiger charge is 2.23. The zero-order valence-electron chi connectivity index (χ0n) is 16.1. The number of carbonyl (C=O) groups is 1. The number of amides is 1. The predicted molar refractivity (Wildman–Crippen MR) is 117 cm³/mol. The number of hydrogen-bond acceptors (Lipinski definition) is 4. The lowest BCUT2D eigenvalue weighted by Crippen LogP contribution is -2.49. The maximum atomic E-state index is 14.2. The van der Waals surface area contributed by atoms with Crippen molar-refractivity contribution in [2.75, 3.05) is 42.9 Å². The zero-order chi connectivity index (χ0) is 21.1. The second kappa shape index (κ2) is 9.04. The molecule has 0 radical (unpaired) electrons. The number of piperazine rings is 1. The molecule has 0 atom stereocenters. The molecule has 1 fully saturated rings. The number of hydrogen-bond donors (Lipinski definition) is 1. The van der Waals surface area contributed by atoms with Crippen LogP contribution in [0.2, 0.25) is 10.0 Å². The van der Waals surface area contributed by atoms with Gasteiger partial charge in [-0.25, -0.2) is 9.37 Å². The van der Waals surface area contributed by atoms with E-state index in [0.717, 1.165) is 0 Å². The van der Waals surface area contributed by atoms with Crippen molar-refractivity contribution in [2.24, 2.45) is 0 Å². The van der Waals surface area contributed by atoms with Gasteiger partial charge < -0.3 is 10.2 Å². The molecule has 3 aromatic rings. The fraction of sp³-hybridized carbons (Fsp3) is 0.238. The van der Waals surface area contributed by atoms with Gasteiger partial charge in [0.15, 0.2) is 0 Å². The Morgan fingerprint density at radius 1 is 1.07 bits per heavy atom. The molecule has 1 N–H and O–H groups in total. The normalized spacial score (nSPS) is 14.7. The van der Waals surface area contributed by atoms with Crippen molar-refractivity contribution in [1.82, 2.24) is 14.5 Å². The van der Waals surface area contributed by atoms with Crippen LogP contribution in [0.5, 0.6) is 0 Å². The number of imidazole rings is 1. The summed E-state index contributed by atoms with van der Waals surface area (Å²) in [5.41, 5.74) is 1.08. The highest BCUT2D eigenvalue weighted by Crippen LogP contribution is 2.25. The summed E-state index contributed by atoms with van der Waals surface area (Å²) in [6, 6.07) is 11.6. The first kappa shape index (κ1) is 20.7. The second-order valence-electron chi connectivity index (χ2n) is 6.99. The molecule has 6 nitrogen and oxygen atoms in total. The molecule has 0 spiro atoms. The van der Waals surface area contributed by atoms with Gasteiger partial charge >= 0.3 is 0 Å². The number of rotatable bonds is 5. The van der Waals surface area contributed by atoms with E-state index < -0.39 is 0 Å². The number of nitrogens with one attached hydrogen (secondary N) is 1. The molecular weight excluding hydrogens is 428 g/mol. The molecule has 1 aliphatic rings. The van der Waals surface area contributed by atoms with Crippen LogP contribution in [0.1, 0.15) is 0 Å². The van der Waals surface area contributed by atoms with Crippen LogP contribution in [0, 0.1) is 5.82 Å². The molecule has 0 bridgehead atoms. The van der Waals surface area contributed by atoms with Crippen LogP contribution in [0.3, 0.4) is 0 Å². The van der Waals surface area contributed by atoms with Crippen LogP contribution < -0.4 is 10.2 Å². The first-order chi connectivity index (χ1) is 14.5. The number of halogens is 3. The molecule has 1 saturated heterocycles. The molecule has 9 heteroatoms. The van der Waals surface area contributed by atoms with Gasteiger partial charge in [-0.1, -0.05) is 35.3 Å². The summed E-state index contributed by atoms with van der Waals surface area (Å²) in [7, 11) is 0. The average Bonchev–Trinajstić information content (AvgIpc) is 3.21. The van der Waals surface area contributed by atoms with Crippen molar-refractivity contribution in [3.05, 3.63) is 70.7 Å². The van der Waals surface area contributed by atoms with Gasteiger partial charge in [-0.05, 0) is 30.3 Å². The molecule has 156 valence electrons. The quantitative estimate of drug-likeness (QED) is 0.639. The van der Waals surface area contributed by atoms with Crippen LogP contribution in [0.25, 0.3) is 5.69 Å². The molecule has 1 amide bonds. The Morgan fingerprint density at radius 3 is 2.57 bits per heavy atom. The van der Waals surface area contributed by atoms with Crippen molar-refractivity contribution in [3.63, 3.8) is 0 Å². The fourth-order valence-corrected chi connectivity index (χ4v) is 3.75. The fourth-order valence-electron chi connectivity index (χ4n) is 3.45. The maximum absolute atomic E-state index is 14.2. The summed E-state index contributed by atoms with van der Waals surface area (Å²) >= 11 is 11.9. The van der Waals surface area contributed by atoms with E-state index in [4.69, 9.17) is 23.2 Å². The highest BCUT2D eigenvalue weighted by atomic mass is 35.5. The minimum absolute atomic E-state index is 0.116. The van der Waals surface area contributed by atoms with Crippen LogP contribution in [-0.4, -0.2) is 53.1 Å². The van der Waals surface area contributed by atoms with Gasteiger partial charge in [-0.15, -0.1) is 0 Å². The van der Waals surface area contributed by atoms with Gasteiger partial charge in [0.1, 0.15) is 5.82 Å². The van der Waals surface area contributed by atoms with E-state index in [1.807, 2.05) is 0 Å². The van der Waals surface area contributed by atoms with Gasteiger partial charge in [-0.3, -0.25) is 14.3 Å². The van der Waals surface area contributed by atoms with Crippen LogP contribution in [-0.2, 0) is 4.79 Å². The van der Waals surface area contributed by atoms with E-state index in [2.05, 4.69) is 20.1 Å². The summed E-state index contributed by atoms with van der Waals surface area (Å²) < 4.78 is 15.9. The number of carbonyl (C=O) groups excluding carboxylic acids is 1. The SMILES string of the molecule is O=C(CN1CCN(c2nccn2-c2ccccc2F)CC1)Nc1ccc(Cl)c(Cl)c1. The molecule has 1 aliphatic heterocycles. The Balaban J connectivity index is 1.35. The van der Waals surface area contributed by atoms with E-state index in [-0.39, 0.29) is 18.3 Å². The molecule has 1 aromatic heterocycles. The number of aromatic nitrogens is 2. The zero-order valence-corrected chi connectivity index (χ0v) is 17.6. The van der Waals surface area contributed by atoms with E-state index in [1.54, 1.807) is 53.4 Å². The summed E-state index contributed by atoms with van der Waals surface area (Å²) in [6.07, 6.45) is 3.42. The summed E-state index contributed by atoms with van der Waals surface area (Å²) in [5.74, 6) is 0.282. The molecular formula is C21H20Cl2FN5O. The third-order valence-corrected chi connectivity index (χ3v) is 5.70. The monoisotopic (exact) mass is 447 g/mol. The summed E-state index contributed by atoms with van der Waals surface area (Å²) in [5, 5.41) is 3.68. The standard InChI is InChI=1S/C21H20Cl2FN5O/c22-16-6-5-15(13-17(16)23)26-20(30)14-27-9-11-28(12-10-27)21-25-7-8-29(21)19-4-2-1-3-18(19)24/h1-8,13H,9-12,14H2,(H,26,30). The molecule has 0 aliphatic carbocycles. The van der Waals surface area contributed by atoms with Gasteiger partial charge in [0.2, 0.25) is 11.9 Å². The molecule has 4 rings (SSSR count). The van der Waals surface area contributed by atoms with Crippen molar-refractivity contribution in [1.29, 1.82) is 0 Å². The third-order valence-electron chi connectivity index (χ3n) is 4.96. The Labute approximate surface area is 183 Å². The summed E-state index contributed by atoms with van der Waals surface area (Å²) in [6.45, 7) is 3.03. The maximum Gasteiger partial charge on any atom is 0.238 e. The second-order valence-corrected chi connectivity index (χ2v) is 7.80. The van der Waals surface area contributed by atoms with Crippen LogP contribution in [0.4, 0.5) is 16.0 Å². The van der Waals surface area contributed by atoms with E-state index in [1.165, 1.54) is 6.07 Å². The highest BCUT2D eigenvalue weighted by molar-refractivity contribution is 6.42. The van der Waals surface area contributed by atoms with E-state index >= 15 is 0 Å². The lowest BCUT2D eigenvalue weighted by molar-refractivity contribution is -0.117. The smallest absolute Gasteiger partial charge is 0.238 e. The lowest BCUT2D eigenvalue weighted by atomic mass is 10.3. The van der Waals surface area contributed by atoms with Crippen molar-refractivity contribution >= 4 is 40.7 Å². The Kier molecular flexibility index (Phi) is 6.22. The minimum Gasteiger partial charge on any atom is -0.339 e. The average molecular weight is 448 g/mol. The molecule has 0 unspecified atom stereocenters. The molecule has 0 saturated carbocycles. The first-order valence-corrected chi connectivity index (χ1v) is 10.3. The largest absolute Gasteiger partial charge is 0.339 e. The minimum atomic E-state index is -0.297. The van der Waals surface area contributed by atoms with Crippen molar-refractivity contribution in [2.45, 2.75) is 0 Å². The topological polar surface area (TPSA) is 53.4 Å². The predicted octanol–water partition coefficient (Wildman–Crippen LogP) is 4.08. The van der Waals surface area contributed by atoms with E-state index in [0.29, 0.717) is 53.5 Å². The summed E-state index contributed by atoms with van der Waals surface area (Å²) in [4.78, 5) is 20.9. The molecule has 30 heavy (non-hydrogen) atoms. The molecule has 2 aromatic carbocycles. The first-order valence-electron chi connectivity index (χ1n) is 9.52. The van der Waals surface area contributed by atoms with Gasteiger partial charge in [0, 0.05) is 44.3 Å². The number of benzene rings is 2. The Morgan fingerprint density at radius 2 is 1.83 bits per heavy atom. The Bertz CT molecular complexity index is 1050. The number of para-hydroxylation sites is 1. The Hall–Kier alpha value is -2.61. The van der Waals surface area contributed by atoms with Crippen molar-refractivity contribution in [3.8, 4) is 5.69 Å². The van der Waals surface area contributed by atoms with Crippen molar-refractivity contribution < 1.29 is 9.18 Å². The van der Waals surface area contributed by atoms with Crippen LogP contribution >= 0.6 is 23.2 Å². The lowest BCUT2D eigenvalue weighted by Gasteiger charge is -2.35. The number of anilines is 2. The van der Waals surface area contributed by atoms with Gasteiger partial charge in [0.05, 0.1) is 22.3 Å². The van der Waals surface area contributed by atoms with E-state index in [9.17, 15) is 9.18 Å². The van der Waals surface area contributed by atoms with Gasteiger partial charge in [0.25, 0.3) is 0 Å². The van der Waals surface area contributed by atoms with Gasteiger partial charge in [-0.2, -0.15) is 0 Å². The number of nitrogens with zero attached hydrogens (tertiary/aromatic N) is 4. The molecule has 2 heterocycles.